The van der Waals surface area contributed by atoms with E-state index in [2.05, 4.69) is 22.1 Å². The largest absolute Gasteiger partial charge is 0.491 e. The molecule has 2 aromatic carbocycles. The van der Waals surface area contributed by atoms with Crippen molar-refractivity contribution in [3.63, 3.8) is 0 Å². The number of pyridine rings is 1. The third-order valence-corrected chi connectivity index (χ3v) is 7.95. The Bertz CT molecular complexity index is 1300. The number of ether oxygens (including phenoxy) is 1. The number of nitrogens with zero attached hydrogens (tertiary/aromatic N) is 1. The number of aromatic nitrogens is 2. The van der Waals surface area contributed by atoms with Crippen molar-refractivity contribution in [1.82, 2.24) is 9.97 Å². The highest BCUT2D eigenvalue weighted by molar-refractivity contribution is 7.85. The van der Waals surface area contributed by atoms with Crippen LogP contribution in [0.25, 0.3) is 33.1 Å². The van der Waals surface area contributed by atoms with Crippen molar-refractivity contribution < 1.29 is 8.95 Å². The molecule has 4 aromatic rings. The first-order valence-electron chi connectivity index (χ1n) is 11.4. The summed E-state index contributed by atoms with van der Waals surface area (Å²) in [5, 5.41) is 2.59. The topological polar surface area (TPSA) is 55.0 Å². The van der Waals surface area contributed by atoms with E-state index >= 15 is 0 Å². The summed E-state index contributed by atoms with van der Waals surface area (Å²) in [6.07, 6.45) is 8.09. The predicted molar refractivity (Wildman–Crippen MR) is 133 cm³/mol. The van der Waals surface area contributed by atoms with E-state index in [0.29, 0.717) is 17.4 Å². The summed E-state index contributed by atoms with van der Waals surface area (Å²) in [5.74, 6) is 2.32. The first-order chi connectivity index (χ1) is 15.6. The molecule has 1 fully saturated rings. The van der Waals surface area contributed by atoms with Gasteiger partial charge in [0.2, 0.25) is 0 Å². The average molecular weight is 467 g/mol. The van der Waals surface area contributed by atoms with Crippen LogP contribution in [0.1, 0.15) is 39.0 Å². The summed E-state index contributed by atoms with van der Waals surface area (Å²) >= 11 is 6.30. The lowest BCUT2D eigenvalue weighted by Gasteiger charge is -2.25. The van der Waals surface area contributed by atoms with Gasteiger partial charge >= 0.3 is 0 Å². The van der Waals surface area contributed by atoms with E-state index in [1.54, 1.807) is 6.20 Å². The zero-order chi connectivity index (χ0) is 22.1. The van der Waals surface area contributed by atoms with Gasteiger partial charge in [0.15, 0.2) is 0 Å². The molecule has 0 bridgehead atoms. The zero-order valence-electron chi connectivity index (χ0n) is 18.2. The fourth-order valence-corrected chi connectivity index (χ4v) is 5.48. The number of hydrogen-bond acceptors (Lipinski definition) is 3. The highest BCUT2D eigenvalue weighted by atomic mass is 35.5. The Kier molecular flexibility index (Phi) is 6.20. The Balaban J connectivity index is 1.57. The summed E-state index contributed by atoms with van der Waals surface area (Å²) in [5.41, 5.74) is 3.78. The third-order valence-electron chi connectivity index (χ3n) is 6.44. The molecule has 1 atom stereocenters. The number of rotatable bonds is 8. The monoisotopic (exact) mass is 466 g/mol. The van der Waals surface area contributed by atoms with Crippen LogP contribution in [0.2, 0.25) is 5.02 Å². The summed E-state index contributed by atoms with van der Waals surface area (Å²) in [7, 11) is -1.01. The third kappa shape index (κ3) is 4.16. The van der Waals surface area contributed by atoms with Gasteiger partial charge in [0.25, 0.3) is 0 Å². The molecule has 32 heavy (non-hydrogen) atoms. The second kappa shape index (κ2) is 9.24. The number of hydrogen-bond donors (Lipinski definition) is 1. The number of fused-ring (bicyclic) bond motifs is 3. The molecule has 2 aromatic heterocycles. The van der Waals surface area contributed by atoms with Crippen LogP contribution in [0.3, 0.4) is 0 Å². The molecule has 0 spiro atoms. The Hall–Kier alpha value is -2.37. The van der Waals surface area contributed by atoms with Gasteiger partial charge in [-0.05, 0) is 60.2 Å². The van der Waals surface area contributed by atoms with E-state index in [4.69, 9.17) is 16.3 Å². The molecule has 1 aliphatic carbocycles. The fraction of sp³-hybridized carbons (Fsp3) is 0.346. The first kappa shape index (κ1) is 21.5. The highest BCUT2D eigenvalue weighted by Gasteiger charge is 2.18. The lowest BCUT2D eigenvalue weighted by Crippen LogP contribution is -2.12. The molecule has 166 valence electrons. The SMILES string of the molecule is CCS(=O)c1cccc(-c2ccc(OCCCC3CCC3)c3[nH]c4ncc(Cl)cc4c23)c1. The van der Waals surface area contributed by atoms with Gasteiger partial charge in [0.1, 0.15) is 11.4 Å². The fourth-order valence-electron chi connectivity index (χ4n) is 4.50. The molecule has 1 N–H and O–H groups in total. The van der Waals surface area contributed by atoms with Crippen molar-refractivity contribution >= 4 is 44.3 Å². The van der Waals surface area contributed by atoms with E-state index in [-0.39, 0.29) is 0 Å². The first-order valence-corrected chi connectivity index (χ1v) is 13.0. The molecule has 4 nitrogen and oxygen atoms in total. The van der Waals surface area contributed by atoms with Crippen molar-refractivity contribution in [3.05, 3.63) is 53.7 Å². The van der Waals surface area contributed by atoms with Gasteiger partial charge in [0, 0.05) is 27.6 Å². The number of nitrogens with one attached hydrogen (secondary N) is 1. The number of aromatic amines is 1. The second-order valence-corrected chi connectivity index (χ2v) is 10.7. The molecule has 0 radical (unpaired) electrons. The molecule has 0 amide bonds. The van der Waals surface area contributed by atoms with Crippen LogP contribution in [0.4, 0.5) is 0 Å². The Morgan fingerprint density at radius 1 is 1.22 bits per heavy atom. The molecule has 6 heteroatoms. The Morgan fingerprint density at radius 3 is 2.88 bits per heavy atom. The van der Waals surface area contributed by atoms with Crippen LogP contribution in [0.15, 0.2) is 53.6 Å². The van der Waals surface area contributed by atoms with Gasteiger partial charge in [-0.2, -0.15) is 0 Å². The van der Waals surface area contributed by atoms with E-state index < -0.39 is 10.8 Å². The van der Waals surface area contributed by atoms with Gasteiger partial charge in [-0.3, -0.25) is 4.21 Å². The van der Waals surface area contributed by atoms with Crippen LogP contribution in [0.5, 0.6) is 5.75 Å². The van der Waals surface area contributed by atoms with Crippen LogP contribution in [0, 0.1) is 5.92 Å². The van der Waals surface area contributed by atoms with E-state index in [0.717, 1.165) is 56.0 Å². The normalized spacial score (nSPS) is 15.2. The maximum atomic E-state index is 12.4. The number of H-pyrrole nitrogens is 1. The smallest absolute Gasteiger partial charge is 0.143 e. The maximum absolute atomic E-state index is 12.4. The van der Waals surface area contributed by atoms with Crippen LogP contribution in [-0.4, -0.2) is 26.5 Å². The summed E-state index contributed by atoms with van der Waals surface area (Å²) in [6, 6.07) is 14.0. The lowest BCUT2D eigenvalue weighted by molar-refractivity contribution is 0.248. The summed E-state index contributed by atoms with van der Waals surface area (Å²) < 4.78 is 18.6. The molecule has 1 saturated carbocycles. The molecule has 1 unspecified atom stereocenters. The van der Waals surface area contributed by atoms with Crippen molar-refractivity contribution in [2.24, 2.45) is 5.92 Å². The van der Waals surface area contributed by atoms with Crippen molar-refractivity contribution in [2.45, 2.75) is 43.9 Å². The predicted octanol–water partition coefficient (Wildman–Crippen LogP) is 7.12. The van der Waals surface area contributed by atoms with Crippen molar-refractivity contribution in [2.75, 3.05) is 12.4 Å². The molecule has 0 saturated heterocycles. The second-order valence-electron chi connectivity index (χ2n) is 8.49. The van der Waals surface area contributed by atoms with Gasteiger partial charge < -0.3 is 9.72 Å². The van der Waals surface area contributed by atoms with Gasteiger partial charge in [-0.15, -0.1) is 0 Å². The number of halogens is 1. The zero-order valence-corrected chi connectivity index (χ0v) is 19.8. The highest BCUT2D eigenvalue weighted by Crippen LogP contribution is 2.40. The minimum Gasteiger partial charge on any atom is -0.491 e. The lowest BCUT2D eigenvalue weighted by atomic mass is 9.82. The minimum atomic E-state index is -1.01. The van der Waals surface area contributed by atoms with Crippen LogP contribution in [-0.2, 0) is 10.8 Å². The molecular formula is C26H27ClN2O2S. The van der Waals surface area contributed by atoms with Gasteiger partial charge in [-0.25, -0.2) is 4.98 Å². The van der Waals surface area contributed by atoms with Gasteiger partial charge in [0.05, 0.1) is 27.9 Å². The molecule has 1 aliphatic rings. The summed E-state index contributed by atoms with van der Waals surface area (Å²) in [6.45, 7) is 2.64. The van der Waals surface area contributed by atoms with Crippen LogP contribution < -0.4 is 4.74 Å². The molecular weight excluding hydrogens is 440 g/mol. The van der Waals surface area contributed by atoms with Gasteiger partial charge in [-0.1, -0.05) is 49.9 Å². The summed E-state index contributed by atoms with van der Waals surface area (Å²) in [4.78, 5) is 8.79. The van der Waals surface area contributed by atoms with Crippen molar-refractivity contribution in [3.8, 4) is 16.9 Å². The Morgan fingerprint density at radius 2 is 2.09 bits per heavy atom. The maximum Gasteiger partial charge on any atom is 0.143 e. The molecule has 5 rings (SSSR count). The minimum absolute atomic E-state index is 0.594. The standard InChI is InChI=1S/C26H27ClN2O2S/c1-2-32(30)20-10-4-9-18(14-20)21-11-12-23(31-13-5-8-17-6-3-7-17)25-24(21)22-15-19(27)16-28-26(22)29-25/h4,9-12,14-17H,2-3,5-8,13H2,1H3,(H,28,29). The van der Waals surface area contributed by atoms with Crippen LogP contribution >= 0.6 is 11.6 Å². The number of benzene rings is 2. The molecule has 2 heterocycles. The Labute approximate surface area is 195 Å². The van der Waals surface area contributed by atoms with E-state index in [1.807, 2.05) is 37.3 Å². The van der Waals surface area contributed by atoms with E-state index in [9.17, 15) is 4.21 Å². The quantitative estimate of drug-likeness (QED) is 0.281. The van der Waals surface area contributed by atoms with E-state index in [1.165, 1.54) is 25.7 Å². The van der Waals surface area contributed by atoms with Crippen molar-refractivity contribution in [1.29, 1.82) is 0 Å². The average Bonchev–Trinajstić information content (AvgIpc) is 3.16. The molecule has 0 aliphatic heterocycles.